The number of ether oxygens (including phenoxy) is 1. The first-order chi connectivity index (χ1) is 10.4. The molecule has 0 bridgehead atoms. The minimum absolute atomic E-state index is 0.220. The van der Waals surface area contributed by atoms with Crippen LogP contribution in [-0.4, -0.2) is 44.6 Å². The van der Waals surface area contributed by atoms with E-state index in [4.69, 9.17) is 4.74 Å². The molecular weight excluding hydrogens is 280 g/mol. The smallest absolute Gasteiger partial charge is 0.410 e. The van der Waals surface area contributed by atoms with Crippen LogP contribution in [0.15, 0.2) is 18.5 Å². The molecule has 22 heavy (non-hydrogen) atoms. The van der Waals surface area contributed by atoms with Gasteiger partial charge in [-0.1, -0.05) is 0 Å². The quantitative estimate of drug-likeness (QED) is 0.926. The third-order valence-corrected chi connectivity index (χ3v) is 3.75. The van der Waals surface area contributed by atoms with Crippen LogP contribution < -0.4 is 0 Å². The molecule has 1 amide bonds. The lowest BCUT2D eigenvalue weighted by atomic mass is 10.0. The highest BCUT2D eigenvalue weighted by Crippen LogP contribution is 2.22. The molecule has 118 valence electrons. The van der Waals surface area contributed by atoms with E-state index in [0.717, 1.165) is 42.8 Å². The second kappa shape index (κ2) is 5.59. The molecule has 0 aliphatic carbocycles. The molecular formula is C16H22N4O2. The molecule has 1 aliphatic rings. The number of nitrogens with zero attached hydrogens (tertiary/aromatic N) is 3. The van der Waals surface area contributed by atoms with E-state index in [1.807, 2.05) is 39.2 Å². The number of aromatic amines is 1. The molecule has 1 atom stereocenters. The van der Waals surface area contributed by atoms with Gasteiger partial charge in [-0.3, -0.25) is 0 Å². The molecule has 2 aromatic heterocycles. The Balaban J connectivity index is 1.59. The number of carbonyl (C=O) groups excluding carboxylic acids is 1. The van der Waals surface area contributed by atoms with Gasteiger partial charge in [-0.2, -0.15) is 0 Å². The standard InChI is InChI=1S/C16H22N4O2/c1-16(2,3)22-15(21)20-7-5-11(10-20)8-12-9-18-14-13(19-12)4-6-17-14/h4,6,9,11H,5,7-8,10H2,1-3H3,(H,17,18)/t11-/m0/s1. The van der Waals surface area contributed by atoms with Crippen molar-refractivity contribution in [2.45, 2.75) is 39.2 Å². The lowest BCUT2D eigenvalue weighted by molar-refractivity contribution is 0.0288. The lowest BCUT2D eigenvalue weighted by Crippen LogP contribution is -2.35. The Morgan fingerprint density at radius 2 is 2.32 bits per heavy atom. The molecule has 2 aromatic rings. The van der Waals surface area contributed by atoms with Crippen molar-refractivity contribution in [2.75, 3.05) is 13.1 Å². The molecule has 6 heteroatoms. The van der Waals surface area contributed by atoms with Gasteiger partial charge >= 0.3 is 6.09 Å². The van der Waals surface area contributed by atoms with Gasteiger partial charge in [0.25, 0.3) is 0 Å². The first-order valence-corrected chi connectivity index (χ1v) is 7.68. The third kappa shape index (κ3) is 3.37. The average molecular weight is 302 g/mol. The van der Waals surface area contributed by atoms with E-state index in [9.17, 15) is 4.79 Å². The molecule has 1 N–H and O–H groups in total. The van der Waals surface area contributed by atoms with Crippen molar-refractivity contribution in [3.8, 4) is 0 Å². The Kier molecular flexibility index (Phi) is 3.76. The summed E-state index contributed by atoms with van der Waals surface area (Å²) in [5, 5.41) is 0. The summed E-state index contributed by atoms with van der Waals surface area (Å²) in [5.74, 6) is 0.415. The summed E-state index contributed by atoms with van der Waals surface area (Å²) in [6, 6.07) is 1.92. The van der Waals surface area contributed by atoms with E-state index in [2.05, 4.69) is 15.0 Å². The average Bonchev–Trinajstić information content (AvgIpc) is 3.04. The van der Waals surface area contributed by atoms with E-state index in [1.54, 1.807) is 4.90 Å². The summed E-state index contributed by atoms with van der Waals surface area (Å²) in [7, 11) is 0. The van der Waals surface area contributed by atoms with Crippen molar-refractivity contribution in [3.63, 3.8) is 0 Å². The van der Waals surface area contributed by atoms with Crippen LogP contribution in [0.25, 0.3) is 11.2 Å². The number of hydrogen-bond donors (Lipinski definition) is 1. The Morgan fingerprint density at radius 3 is 3.09 bits per heavy atom. The maximum atomic E-state index is 12.1. The monoisotopic (exact) mass is 302 g/mol. The van der Waals surface area contributed by atoms with Gasteiger partial charge in [-0.25, -0.2) is 14.8 Å². The summed E-state index contributed by atoms with van der Waals surface area (Å²) in [6.07, 6.45) is 5.25. The fourth-order valence-corrected chi connectivity index (χ4v) is 2.75. The van der Waals surface area contributed by atoms with Gasteiger partial charge in [0.15, 0.2) is 5.65 Å². The van der Waals surface area contributed by atoms with Crippen molar-refractivity contribution in [3.05, 3.63) is 24.2 Å². The second-order valence-electron chi connectivity index (χ2n) is 6.86. The van der Waals surface area contributed by atoms with E-state index in [1.165, 1.54) is 0 Å². The molecule has 0 spiro atoms. The number of H-pyrrole nitrogens is 1. The molecule has 0 saturated carbocycles. The summed E-state index contributed by atoms with van der Waals surface area (Å²) in [5.41, 5.74) is 2.23. The Hall–Kier alpha value is -2.11. The zero-order valence-electron chi connectivity index (χ0n) is 13.3. The highest BCUT2D eigenvalue weighted by Gasteiger charge is 2.30. The summed E-state index contributed by atoms with van der Waals surface area (Å²) >= 11 is 0. The molecule has 0 aromatic carbocycles. The Bertz CT molecular complexity index is 674. The van der Waals surface area contributed by atoms with Crippen LogP contribution in [0.3, 0.4) is 0 Å². The van der Waals surface area contributed by atoms with E-state index < -0.39 is 5.60 Å². The van der Waals surface area contributed by atoms with Gasteiger partial charge in [-0.15, -0.1) is 0 Å². The molecule has 0 radical (unpaired) electrons. The molecule has 1 saturated heterocycles. The van der Waals surface area contributed by atoms with Crippen LogP contribution in [-0.2, 0) is 11.2 Å². The fourth-order valence-electron chi connectivity index (χ4n) is 2.75. The topological polar surface area (TPSA) is 71.1 Å². The number of hydrogen-bond acceptors (Lipinski definition) is 4. The second-order valence-corrected chi connectivity index (χ2v) is 6.86. The van der Waals surface area contributed by atoms with Gasteiger partial charge in [-0.05, 0) is 45.6 Å². The number of carbonyl (C=O) groups is 1. The zero-order valence-corrected chi connectivity index (χ0v) is 13.3. The Morgan fingerprint density at radius 1 is 1.50 bits per heavy atom. The summed E-state index contributed by atoms with van der Waals surface area (Å²) < 4.78 is 5.42. The molecule has 3 heterocycles. The van der Waals surface area contributed by atoms with Gasteiger partial charge in [0.2, 0.25) is 0 Å². The zero-order chi connectivity index (χ0) is 15.7. The maximum Gasteiger partial charge on any atom is 0.410 e. The van der Waals surface area contributed by atoms with Crippen LogP contribution in [0, 0.1) is 5.92 Å². The van der Waals surface area contributed by atoms with Crippen LogP contribution >= 0.6 is 0 Å². The highest BCUT2D eigenvalue weighted by molar-refractivity contribution is 5.70. The van der Waals surface area contributed by atoms with Crippen LogP contribution in [0.2, 0.25) is 0 Å². The largest absolute Gasteiger partial charge is 0.444 e. The number of nitrogens with one attached hydrogen (secondary N) is 1. The van der Waals surface area contributed by atoms with Gasteiger partial charge in [0.1, 0.15) is 11.1 Å². The lowest BCUT2D eigenvalue weighted by Gasteiger charge is -2.24. The normalized spacial score (nSPS) is 18.9. The van der Waals surface area contributed by atoms with E-state index in [-0.39, 0.29) is 6.09 Å². The van der Waals surface area contributed by atoms with E-state index in [0.29, 0.717) is 5.92 Å². The Labute approximate surface area is 129 Å². The maximum absolute atomic E-state index is 12.1. The van der Waals surface area contributed by atoms with E-state index >= 15 is 0 Å². The summed E-state index contributed by atoms with van der Waals surface area (Å²) in [4.78, 5) is 25.9. The summed E-state index contributed by atoms with van der Waals surface area (Å²) in [6.45, 7) is 7.14. The van der Waals surface area contributed by atoms with Gasteiger partial charge < -0.3 is 14.6 Å². The van der Waals surface area contributed by atoms with Crippen LogP contribution in [0.5, 0.6) is 0 Å². The predicted octanol–water partition coefficient (Wildman–Crippen LogP) is 2.76. The number of aromatic nitrogens is 3. The first kappa shape index (κ1) is 14.8. The van der Waals surface area contributed by atoms with Crippen molar-refractivity contribution < 1.29 is 9.53 Å². The number of likely N-dealkylation sites (tertiary alicyclic amines) is 1. The van der Waals surface area contributed by atoms with Gasteiger partial charge in [0.05, 0.1) is 11.9 Å². The van der Waals surface area contributed by atoms with Crippen molar-refractivity contribution in [1.29, 1.82) is 0 Å². The molecule has 1 aliphatic heterocycles. The van der Waals surface area contributed by atoms with Crippen molar-refractivity contribution >= 4 is 17.3 Å². The molecule has 3 rings (SSSR count). The fraction of sp³-hybridized carbons (Fsp3) is 0.562. The van der Waals surface area contributed by atoms with Gasteiger partial charge in [0, 0.05) is 19.3 Å². The van der Waals surface area contributed by atoms with Crippen LogP contribution in [0.1, 0.15) is 32.9 Å². The SMILES string of the molecule is CC(C)(C)OC(=O)N1CC[C@@H](Cc2cnc3[nH]ccc3n2)C1. The highest BCUT2D eigenvalue weighted by atomic mass is 16.6. The third-order valence-electron chi connectivity index (χ3n) is 3.75. The van der Waals surface area contributed by atoms with Crippen LogP contribution in [0.4, 0.5) is 4.79 Å². The molecule has 0 unspecified atom stereocenters. The first-order valence-electron chi connectivity index (χ1n) is 7.68. The minimum atomic E-state index is -0.444. The molecule has 1 fully saturated rings. The molecule has 6 nitrogen and oxygen atoms in total. The number of rotatable bonds is 2. The number of fused-ring (bicyclic) bond motifs is 1. The predicted molar refractivity (Wildman–Crippen MR) is 83.5 cm³/mol. The van der Waals surface area contributed by atoms with Crippen molar-refractivity contribution in [1.82, 2.24) is 19.9 Å². The van der Waals surface area contributed by atoms with Crippen molar-refractivity contribution in [2.24, 2.45) is 5.92 Å². The minimum Gasteiger partial charge on any atom is -0.444 e. The number of amides is 1.